The van der Waals surface area contributed by atoms with E-state index in [9.17, 15) is 17.8 Å². The van der Waals surface area contributed by atoms with Gasteiger partial charge in [0, 0.05) is 31.4 Å². The highest BCUT2D eigenvalue weighted by atomic mass is 32.2. The molecule has 1 amide bonds. The molecule has 0 aliphatic rings. The van der Waals surface area contributed by atoms with Gasteiger partial charge in [0.05, 0.1) is 4.90 Å². The van der Waals surface area contributed by atoms with Crippen molar-refractivity contribution in [3.05, 3.63) is 53.6 Å². The number of carbonyl (C=O) groups is 1. The van der Waals surface area contributed by atoms with Crippen LogP contribution < -0.4 is 10.2 Å². The summed E-state index contributed by atoms with van der Waals surface area (Å²) in [6.45, 7) is 6.86. The molecule has 7 heteroatoms. The SMILES string of the molecule is CCCCN(Cc1cccc(S(=O)(=O)O)c1)c1cc(NC(C)=O)ccc1C. The summed E-state index contributed by atoms with van der Waals surface area (Å²) in [5.74, 6) is -0.134. The highest BCUT2D eigenvalue weighted by Gasteiger charge is 2.14. The van der Waals surface area contributed by atoms with Crippen molar-refractivity contribution >= 4 is 27.4 Å². The van der Waals surface area contributed by atoms with E-state index in [1.54, 1.807) is 6.07 Å². The smallest absolute Gasteiger partial charge is 0.294 e. The normalized spacial score (nSPS) is 11.3. The Balaban J connectivity index is 2.37. The maximum Gasteiger partial charge on any atom is 0.294 e. The molecule has 2 aromatic carbocycles. The number of hydrogen-bond donors (Lipinski definition) is 2. The molecule has 0 aliphatic heterocycles. The van der Waals surface area contributed by atoms with Gasteiger partial charge in [-0.1, -0.05) is 31.5 Å². The molecular weight excluding hydrogens is 364 g/mol. The molecule has 0 atom stereocenters. The van der Waals surface area contributed by atoms with Gasteiger partial charge >= 0.3 is 0 Å². The van der Waals surface area contributed by atoms with E-state index >= 15 is 0 Å². The first-order chi connectivity index (χ1) is 12.7. The molecule has 6 nitrogen and oxygen atoms in total. The van der Waals surface area contributed by atoms with E-state index in [0.29, 0.717) is 6.54 Å². The fourth-order valence-electron chi connectivity index (χ4n) is 2.89. The zero-order valence-corrected chi connectivity index (χ0v) is 16.7. The van der Waals surface area contributed by atoms with Crippen LogP contribution in [0.15, 0.2) is 47.4 Å². The van der Waals surface area contributed by atoms with Gasteiger partial charge in [0.15, 0.2) is 0 Å². The van der Waals surface area contributed by atoms with Crippen LogP contribution in [-0.2, 0) is 21.5 Å². The van der Waals surface area contributed by atoms with E-state index in [1.807, 2.05) is 31.2 Å². The van der Waals surface area contributed by atoms with Gasteiger partial charge in [0.25, 0.3) is 10.1 Å². The minimum Gasteiger partial charge on any atom is -0.367 e. The molecule has 0 bridgehead atoms. The van der Waals surface area contributed by atoms with E-state index in [-0.39, 0.29) is 10.8 Å². The lowest BCUT2D eigenvalue weighted by Gasteiger charge is -2.27. The number of unbranched alkanes of at least 4 members (excludes halogenated alkanes) is 1. The van der Waals surface area contributed by atoms with Crippen LogP contribution >= 0.6 is 0 Å². The number of hydrogen-bond acceptors (Lipinski definition) is 4. The first-order valence-electron chi connectivity index (χ1n) is 8.90. The number of benzene rings is 2. The molecule has 0 aromatic heterocycles. The second kappa shape index (κ2) is 9.01. The van der Waals surface area contributed by atoms with E-state index < -0.39 is 10.1 Å². The van der Waals surface area contributed by atoms with E-state index in [4.69, 9.17) is 0 Å². The summed E-state index contributed by atoms with van der Waals surface area (Å²) in [6, 6.07) is 12.1. The number of aryl methyl sites for hydroxylation is 1. The Morgan fingerprint density at radius 2 is 1.93 bits per heavy atom. The lowest BCUT2D eigenvalue weighted by atomic mass is 10.1. The summed E-state index contributed by atoms with van der Waals surface area (Å²) >= 11 is 0. The minimum atomic E-state index is -4.24. The number of nitrogens with zero attached hydrogens (tertiary/aromatic N) is 1. The quantitative estimate of drug-likeness (QED) is 0.665. The van der Waals surface area contributed by atoms with Gasteiger partial charge in [0.2, 0.25) is 5.91 Å². The van der Waals surface area contributed by atoms with Crippen LogP contribution in [0.1, 0.15) is 37.8 Å². The van der Waals surface area contributed by atoms with Crippen molar-refractivity contribution in [3.63, 3.8) is 0 Å². The Bertz CT molecular complexity index is 910. The van der Waals surface area contributed by atoms with Crippen LogP contribution in [0, 0.1) is 6.92 Å². The lowest BCUT2D eigenvalue weighted by molar-refractivity contribution is -0.114. The molecule has 0 saturated heterocycles. The Hall–Kier alpha value is -2.38. The molecule has 2 N–H and O–H groups in total. The second-order valence-electron chi connectivity index (χ2n) is 6.58. The molecule has 27 heavy (non-hydrogen) atoms. The molecule has 0 unspecified atom stereocenters. The van der Waals surface area contributed by atoms with E-state index in [0.717, 1.165) is 41.9 Å². The first kappa shape index (κ1) is 20.9. The van der Waals surface area contributed by atoms with Gasteiger partial charge in [-0.05, 0) is 48.7 Å². The average molecular weight is 391 g/mol. The number of rotatable bonds is 8. The van der Waals surface area contributed by atoms with Crippen molar-refractivity contribution in [2.45, 2.75) is 45.1 Å². The number of nitrogens with one attached hydrogen (secondary N) is 1. The zero-order valence-electron chi connectivity index (χ0n) is 15.9. The van der Waals surface area contributed by atoms with Crippen molar-refractivity contribution in [1.29, 1.82) is 0 Å². The predicted octanol–water partition coefficient (Wildman–Crippen LogP) is 4.01. The van der Waals surface area contributed by atoms with Gasteiger partial charge in [-0.3, -0.25) is 9.35 Å². The molecule has 146 valence electrons. The third kappa shape index (κ3) is 6.08. The summed E-state index contributed by atoms with van der Waals surface area (Å²) in [7, 11) is -4.24. The van der Waals surface area contributed by atoms with Crippen LogP contribution in [0.4, 0.5) is 11.4 Å². The fourth-order valence-corrected chi connectivity index (χ4v) is 3.44. The molecule has 0 aliphatic carbocycles. The summed E-state index contributed by atoms with van der Waals surface area (Å²) in [5.41, 5.74) is 3.54. The van der Waals surface area contributed by atoms with E-state index in [2.05, 4.69) is 17.1 Å². The van der Waals surface area contributed by atoms with Crippen molar-refractivity contribution in [2.75, 3.05) is 16.8 Å². The lowest BCUT2D eigenvalue weighted by Crippen LogP contribution is -2.25. The van der Waals surface area contributed by atoms with Gasteiger partial charge in [-0.25, -0.2) is 0 Å². The van der Waals surface area contributed by atoms with Crippen molar-refractivity contribution in [1.82, 2.24) is 0 Å². The minimum absolute atomic E-state index is 0.112. The molecule has 0 spiro atoms. The summed E-state index contributed by atoms with van der Waals surface area (Å²) in [6.07, 6.45) is 1.99. The standard InChI is InChI=1S/C20H26N2O4S/c1-4-5-11-22(14-17-7-6-8-19(12-17)27(24,25)26)20-13-18(21-16(3)23)10-9-15(20)2/h6-10,12-13H,4-5,11,14H2,1-3H3,(H,21,23)(H,24,25,26). The third-order valence-corrected chi connectivity index (χ3v) is 5.07. The van der Waals surface area contributed by atoms with E-state index in [1.165, 1.54) is 19.1 Å². The average Bonchev–Trinajstić information content (AvgIpc) is 2.59. The second-order valence-corrected chi connectivity index (χ2v) is 8.00. The van der Waals surface area contributed by atoms with Crippen molar-refractivity contribution < 1.29 is 17.8 Å². The summed E-state index contributed by atoms with van der Waals surface area (Å²) < 4.78 is 32.1. The Morgan fingerprint density at radius 1 is 1.19 bits per heavy atom. The molecule has 2 rings (SSSR count). The molecule has 0 heterocycles. The summed E-state index contributed by atoms with van der Waals surface area (Å²) in [5, 5.41) is 2.80. The molecule has 0 saturated carbocycles. The van der Waals surface area contributed by atoms with Gasteiger partial charge in [0.1, 0.15) is 0 Å². The largest absolute Gasteiger partial charge is 0.367 e. The fraction of sp³-hybridized carbons (Fsp3) is 0.350. The third-order valence-electron chi connectivity index (χ3n) is 4.22. The molecule has 2 aromatic rings. The Morgan fingerprint density at radius 3 is 2.56 bits per heavy atom. The summed E-state index contributed by atoms with van der Waals surface area (Å²) in [4.78, 5) is 13.4. The highest BCUT2D eigenvalue weighted by molar-refractivity contribution is 7.85. The van der Waals surface area contributed by atoms with Crippen LogP contribution in [0.25, 0.3) is 0 Å². The first-order valence-corrected chi connectivity index (χ1v) is 10.3. The predicted molar refractivity (Wildman–Crippen MR) is 108 cm³/mol. The van der Waals surface area contributed by atoms with Crippen molar-refractivity contribution in [2.24, 2.45) is 0 Å². The monoisotopic (exact) mass is 390 g/mol. The number of anilines is 2. The van der Waals surface area contributed by atoms with Gasteiger partial charge in [-0.2, -0.15) is 8.42 Å². The number of amides is 1. The maximum atomic E-state index is 11.4. The van der Waals surface area contributed by atoms with Gasteiger partial charge in [-0.15, -0.1) is 0 Å². The Labute approximate surface area is 161 Å². The van der Waals surface area contributed by atoms with Crippen LogP contribution in [-0.4, -0.2) is 25.4 Å². The van der Waals surface area contributed by atoms with Crippen LogP contribution in [0.3, 0.4) is 0 Å². The van der Waals surface area contributed by atoms with Gasteiger partial charge < -0.3 is 10.2 Å². The maximum absolute atomic E-state index is 11.4. The van der Waals surface area contributed by atoms with Crippen molar-refractivity contribution in [3.8, 4) is 0 Å². The molecule has 0 fully saturated rings. The zero-order chi connectivity index (χ0) is 20.0. The molecule has 0 radical (unpaired) electrons. The highest BCUT2D eigenvalue weighted by Crippen LogP contribution is 2.27. The Kier molecular flexibility index (Phi) is 6.98. The molecular formula is C20H26N2O4S. The topological polar surface area (TPSA) is 86.7 Å². The van der Waals surface area contributed by atoms with Crippen LogP contribution in [0.2, 0.25) is 0 Å². The number of carbonyl (C=O) groups excluding carboxylic acids is 1. The van der Waals surface area contributed by atoms with Crippen LogP contribution in [0.5, 0.6) is 0 Å².